The van der Waals surface area contributed by atoms with Crippen LogP contribution < -0.4 is 9.64 Å². The molecular formula is C21H22F2N6O2. The van der Waals surface area contributed by atoms with Gasteiger partial charge in [-0.15, -0.1) is 0 Å². The quantitative estimate of drug-likeness (QED) is 0.622. The summed E-state index contributed by atoms with van der Waals surface area (Å²) < 4.78 is 34.5. The fourth-order valence-electron chi connectivity index (χ4n) is 3.52. The summed E-state index contributed by atoms with van der Waals surface area (Å²) in [5.74, 6) is -0.642. The zero-order valence-electron chi connectivity index (χ0n) is 17.3. The van der Waals surface area contributed by atoms with E-state index >= 15 is 0 Å². The van der Waals surface area contributed by atoms with Gasteiger partial charge in [-0.05, 0) is 19.1 Å². The molecule has 0 radical (unpaired) electrons. The summed E-state index contributed by atoms with van der Waals surface area (Å²) in [6.45, 7) is 4.38. The monoisotopic (exact) mass is 428 g/mol. The van der Waals surface area contributed by atoms with Crippen LogP contribution in [0.15, 0.2) is 36.7 Å². The maximum atomic E-state index is 14.3. The van der Waals surface area contributed by atoms with Crippen molar-refractivity contribution >= 4 is 11.9 Å². The standard InChI is InChI=1S/C21H22F2N6O2/c1-3-31-18-6-7-24-21(25-18)29-10-8-28(9-11-29)20(30)16-13-27(2)26-19(16)15-5-4-14(22)12-17(15)23/h4-7,12-13H,3,8-11H2,1-2H3. The van der Waals surface area contributed by atoms with E-state index in [4.69, 9.17) is 4.74 Å². The van der Waals surface area contributed by atoms with Gasteiger partial charge >= 0.3 is 0 Å². The van der Waals surface area contributed by atoms with Gasteiger partial charge in [-0.3, -0.25) is 9.48 Å². The molecule has 0 unspecified atom stereocenters. The van der Waals surface area contributed by atoms with E-state index in [1.165, 1.54) is 10.7 Å². The summed E-state index contributed by atoms with van der Waals surface area (Å²) in [5, 5.41) is 4.24. The van der Waals surface area contributed by atoms with Crippen molar-refractivity contribution in [1.29, 1.82) is 0 Å². The Morgan fingerprint density at radius 3 is 2.65 bits per heavy atom. The number of aromatic nitrogens is 4. The van der Waals surface area contributed by atoms with Crippen LogP contribution in [0.3, 0.4) is 0 Å². The third kappa shape index (κ3) is 4.32. The Kier molecular flexibility index (Phi) is 5.79. The molecule has 1 aromatic carbocycles. The highest BCUT2D eigenvalue weighted by molar-refractivity contribution is 6.00. The molecule has 10 heteroatoms. The number of aryl methyl sites for hydroxylation is 1. The maximum Gasteiger partial charge on any atom is 0.257 e. The zero-order chi connectivity index (χ0) is 22.0. The first kappa shape index (κ1) is 20.7. The number of amides is 1. The third-order valence-corrected chi connectivity index (χ3v) is 5.00. The molecule has 0 saturated carbocycles. The predicted octanol–water partition coefficient (Wildman–Crippen LogP) is 2.52. The van der Waals surface area contributed by atoms with Crippen LogP contribution in [-0.2, 0) is 7.05 Å². The third-order valence-electron chi connectivity index (χ3n) is 5.00. The second-order valence-electron chi connectivity index (χ2n) is 7.10. The largest absolute Gasteiger partial charge is 0.478 e. The van der Waals surface area contributed by atoms with E-state index in [2.05, 4.69) is 15.1 Å². The number of hydrogen-bond acceptors (Lipinski definition) is 6. The molecule has 1 aliphatic rings. The Bertz CT molecular complexity index is 1100. The topological polar surface area (TPSA) is 76.4 Å². The number of carbonyl (C=O) groups excluding carboxylic acids is 1. The number of carbonyl (C=O) groups is 1. The lowest BCUT2D eigenvalue weighted by molar-refractivity contribution is 0.0747. The van der Waals surface area contributed by atoms with Crippen LogP contribution in [0.1, 0.15) is 17.3 Å². The van der Waals surface area contributed by atoms with Gasteiger partial charge in [0.2, 0.25) is 11.8 Å². The van der Waals surface area contributed by atoms with Gasteiger partial charge in [-0.25, -0.2) is 13.8 Å². The van der Waals surface area contributed by atoms with Crippen LogP contribution in [0.4, 0.5) is 14.7 Å². The summed E-state index contributed by atoms with van der Waals surface area (Å²) in [6, 6.07) is 4.93. The van der Waals surface area contributed by atoms with E-state index in [1.807, 2.05) is 11.8 Å². The van der Waals surface area contributed by atoms with Crippen LogP contribution in [0.2, 0.25) is 0 Å². The predicted molar refractivity (Wildman–Crippen MR) is 110 cm³/mol. The fraction of sp³-hybridized carbons (Fsp3) is 0.333. The Morgan fingerprint density at radius 2 is 1.94 bits per heavy atom. The molecule has 1 aliphatic heterocycles. The van der Waals surface area contributed by atoms with Crippen LogP contribution in [0.25, 0.3) is 11.3 Å². The second-order valence-corrected chi connectivity index (χ2v) is 7.10. The first-order chi connectivity index (χ1) is 15.0. The highest BCUT2D eigenvalue weighted by Gasteiger charge is 2.28. The number of halogens is 2. The van der Waals surface area contributed by atoms with E-state index in [1.54, 1.807) is 30.4 Å². The van der Waals surface area contributed by atoms with Gasteiger partial charge in [0, 0.05) is 63.3 Å². The SMILES string of the molecule is CCOc1ccnc(N2CCN(C(=O)c3cn(C)nc3-c3ccc(F)cc3F)CC2)n1. The lowest BCUT2D eigenvalue weighted by Crippen LogP contribution is -2.49. The minimum atomic E-state index is -0.760. The first-order valence-corrected chi connectivity index (χ1v) is 9.95. The molecule has 1 amide bonds. The molecule has 0 aliphatic carbocycles. The van der Waals surface area contributed by atoms with Crippen molar-refractivity contribution in [2.75, 3.05) is 37.7 Å². The minimum Gasteiger partial charge on any atom is -0.478 e. The number of rotatable bonds is 5. The van der Waals surface area contributed by atoms with Crippen molar-refractivity contribution in [3.8, 4) is 17.1 Å². The molecule has 0 N–H and O–H groups in total. The van der Waals surface area contributed by atoms with Gasteiger partial charge in [0.15, 0.2) is 0 Å². The summed E-state index contributed by atoms with van der Waals surface area (Å²) in [4.78, 5) is 25.5. The van der Waals surface area contributed by atoms with Crippen LogP contribution in [0.5, 0.6) is 5.88 Å². The zero-order valence-corrected chi connectivity index (χ0v) is 17.3. The van der Waals surface area contributed by atoms with E-state index in [9.17, 15) is 13.6 Å². The van der Waals surface area contributed by atoms with E-state index in [-0.39, 0.29) is 22.7 Å². The van der Waals surface area contributed by atoms with Gasteiger partial charge in [-0.1, -0.05) is 0 Å². The summed E-state index contributed by atoms with van der Waals surface area (Å²) in [5.41, 5.74) is 0.557. The number of ether oxygens (including phenoxy) is 1. The molecule has 3 heterocycles. The van der Waals surface area contributed by atoms with Crippen molar-refractivity contribution in [1.82, 2.24) is 24.6 Å². The number of benzene rings is 1. The fourth-order valence-corrected chi connectivity index (χ4v) is 3.52. The van der Waals surface area contributed by atoms with Gasteiger partial charge < -0.3 is 14.5 Å². The summed E-state index contributed by atoms with van der Waals surface area (Å²) >= 11 is 0. The van der Waals surface area contributed by atoms with Crippen molar-refractivity contribution in [3.63, 3.8) is 0 Å². The van der Waals surface area contributed by atoms with E-state index in [0.29, 0.717) is 44.6 Å². The first-order valence-electron chi connectivity index (χ1n) is 9.95. The molecule has 0 bridgehead atoms. The minimum absolute atomic E-state index is 0.0881. The molecular weight excluding hydrogens is 406 g/mol. The lowest BCUT2D eigenvalue weighted by atomic mass is 10.1. The molecule has 0 atom stereocenters. The molecule has 0 spiro atoms. The molecule has 8 nitrogen and oxygen atoms in total. The highest BCUT2D eigenvalue weighted by Crippen LogP contribution is 2.27. The average Bonchev–Trinajstić information content (AvgIpc) is 3.15. The Hall–Kier alpha value is -3.56. The summed E-state index contributed by atoms with van der Waals surface area (Å²) in [7, 11) is 1.66. The van der Waals surface area contributed by atoms with Crippen molar-refractivity contribution in [3.05, 3.63) is 53.9 Å². The second kappa shape index (κ2) is 8.66. The molecule has 162 valence electrons. The lowest BCUT2D eigenvalue weighted by Gasteiger charge is -2.34. The average molecular weight is 428 g/mol. The maximum absolute atomic E-state index is 14.3. The number of nitrogens with zero attached hydrogens (tertiary/aromatic N) is 6. The van der Waals surface area contributed by atoms with Gasteiger partial charge in [-0.2, -0.15) is 10.1 Å². The normalized spacial score (nSPS) is 14.1. The highest BCUT2D eigenvalue weighted by atomic mass is 19.1. The molecule has 1 fully saturated rings. The number of piperazine rings is 1. The molecule has 2 aromatic heterocycles. The van der Waals surface area contributed by atoms with Crippen molar-refractivity contribution in [2.24, 2.45) is 7.05 Å². The van der Waals surface area contributed by atoms with E-state index < -0.39 is 11.6 Å². The Morgan fingerprint density at radius 1 is 1.16 bits per heavy atom. The van der Waals surface area contributed by atoms with Gasteiger partial charge in [0.05, 0.1) is 12.2 Å². The molecule has 31 heavy (non-hydrogen) atoms. The van der Waals surface area contributed by atoms with Crippen molar-refractivity contribution in [2.45, 2.75) is 6.92 Å². The van der Waals surface area contributed by atoms with Gasteiger partial charge in [0.25, 0.3) is 5.91 Å². The molecule has 1 saturated heterocycles. The van der Waals surface area contributed by atoms with Crippen LogP contribution in [-0.4, -0.2) is 63.3 Å². The van der Waals surface area contributed by atoms with Gasteiger partial charge in [0.1, 0.15) is 17.3 Å². The smallest absolute Gasteiger partial charge is 0.257 e. The Labute approximate surface area is 178 Å². The van der Waals surface area contributed by atoms with Crippen LogP contribution in [0, 0.1) is 11.6 Å². The number of hydrogen-bond donors (Lipinski definition) is 0. The number of anilines is 1. The van der Waals surface area contributed by atoms with E-state index in [0.717, 1.165) is 12.1 Å². The molecule has 4 rings (SSSR count). The summed E-state index contributed by atoms with van der Waals surface area (Å²) in [6.07, 6.45) is 3.20. The molecule has 3 aromatic rings. The van der Waals surface area contributed by atoms with Crippen LogP contribution >= 0.6 is 0 Å². The Balaban J connectivity index is 1.50. The van der Waals surface area contributed by atoms with Crippen molar-refractivity contribution < 1.29 is 18.3 Å².